The molecule has 2 aliphatic rings. The Balaban J connectivity index is 1.58. The van der Waals surface area contributed by atoms with E-state index >= 15 is 0 Å². The molecule has 0 aliphatic carbocycles. The largest absolute Gasteiger partial charge is 0.466 e. The lowest BCUT2D eigenvalue weighted by Crippen LogP contribution is -2.42. The standard InChI is InChI=1S/C17H24N2O2/c1-2-21-17(20)11-13-9-15-6-7-16(10-13)19(15)12-14-5-3-4-8-18-14/h3-5,8,13,15-16H,2,6-7,9-12H2,1H3. The third-order valence-corrected chi connectivity index (χ3v) is 4.81. The highest BCUT2D eigenvalue weighted by Crippen LogP contribution is 2.40. The smallest absolute Gasteiger partial charge is 0.306 e. The molecule has 2 unspecified atom stereocenters. The summed E-state index contributed by atoms with van der Waals surface area (Å²) in [6.07, 6.45) is 7.24. The average Bonchev–Trinajstić information content (AvgIpc) is 2.71. The first-order valence-electron chi connectivity index (χ1n) is 8.07. The van der Waals surface area contributed by atoms with Gasteiger partial charge >= 0.3 is 5.97 Å². The summed E-state index contributed by atoms with van der Waals surface area (Å²) in [6, 6.07) is 7.35. The van der Waals surface area contributed by atoms with E-state index in [1.165, 1.54) is 12.8 Å². The van der Waals surface area contributed by atoms with Crippen LogP contribution in [-0.4, -0.2) is 34.5 Å². The van der Waals surface area contributed by atoms with Crippen molar-refractivity contribution in [3.05, 3.63) is 30.1 Å². The number of ether oxygens (including phenoxy) is 1. The summed E-state index contributed by atoms with van der Waals surface area (Å²) in [7, 11) is 0. The molecule has 1 aromatic rings. The molecule has 2 aliphatic heterocycles. The van der Waals surface area contributed by atoms with E-state index in [1.807, 2.05) is 19.2 Å². The van der Waals surface area contributed by atoms with Crippen LogP contribution < -0.4 is 0 Å². The van der Waals surface area contributed by atoms with Crippen LogP contribution in [0.1, 0.15) is 44.7 Å². The Labute approximate surface area is 126 Å². The Kier molecular flexibility index (Phi) is 4.54. The zero-order chi connectivity index (χ0) is 14.7. The van der Waals surface area contributed by atoms with Gasteiger partial charge in [-0.3, -0.25) is 14.7 Å². The van der Waals surface area contributed by atoms with Gasteiger partial charge in [0.15, 0.2) is 0 Å². The third-order valence-electron chi connectivity index (χ3n) is 4.81. The monoisotopic (exact) mass is 288 g/mol. The van der Waals surface area contributed by atoms with Crippen molar-refractivity contribution in [2.75, 3.05) is 6.61 Å². The van der Waals surface area contributed by atoms with Gasteiger partial charge in [-0.25, -0.2) is 0 Å². The van der Waals surface area contributed by atoms with Gasteiger partial charge in [-0.1, -0.05) is 6.07 Å². The summed E-state index contributed by atoms with van der Waals surface area (Å²) in [5.41, 5.74) is 1.15. The maximum absolute atomic E-state index is 11.7. The highest BCUT2D eigenvalue weighted by atomic mass is 16.5. The molecule has 0 aromatic carbocycles. The molecule has 0 saturated carbocycles. The van der Waals surface area contributed by atoms with Crippen LogP contribution in [0.5, 0.6) is 0 Å². The minimum Gasteiger partial charge on any atom is -0.466 e. The van der Waals surface area contributed by atoms with Gasteiger partial charge in [0.05, 0.1) is 12.3 Å². The quantitative estimate of drug-likeness (QED) is 0.781. The van der Waals surface area contributed by atoms with E-state index in [0.29, 0.717) is 31.0 Å². The fourth-order valence-electron chi connectivity index (χ4n) is 3.95. The normalized spacial score (nSPS) is 28.5. The molecule has 2 atom stereocenters. The van der Waals surface area contributed by atoms with Gasteiger partial charge in [-0.2, -0.15) is 0 Å². The molecule has 1 aromatic heterocycles. The average molecular weight is 288 g/mol. The molecule has 4 heteroatoms. The maximum Gasteiger partial charge on any atom is 0.306 e. The van der Waals surface area contributed by atoms with E-state index in [1.54, 1.807) is 0 Å². The minimum atomic E-state index is -0.0277. The zero-order valence-electron chi connectivity index (χ0n) is 12.7. The predicted molar refractivity (Wildman–Crippen MR) is 80.6 cm³/mol. The molecule has 2 saturated heterocycles. The first-order chi connectivity index (χ1) is 10.3. The number of nitrogens with zero attached hydrogens (tertiary/aromatic N) is 2. The van der Waals surface area contributed by atoms with Crippen LogP contribution in [0.4, 0.5) is 0 Å². The molecule has 0 radical (unpaired) electrons. The summed E-state index contributed by atoms with van der Waals surface area (Å²) in [5.74, 6) is 0.474. The van der Waals surface area contributed by atoms with Crippen molar-refractivity contribution in [1.82, 2.24) is 9.88 Å². The highest BCUT2D eigenvalue weighted by molar-refractivity contribution is 5.69. The summed E-state index contributed by atoms with van der Waals surface area (Å²) in [4.78, 5) is 18.7. The van der Waals surface area contributed by atoms with E-state index in [-0.39, 0.29) is 5.97 Å². The Morgan fingerprint density at radius 2 is 2.10 bits per heavy atom. The van der Waals surface area contributed by atoms with E-state index in [2.05, 4.69) is 22.0 Å². The van der Waals surface area contributed by atoms with Crippen LogP contribution in [-0.2, 0) is 16.1 Å². The molecule has 4 nitrogen and oxygen atoms in total. The number of pyridine rings is 1. The lowest BCUT2D eigenvalue weighted by atomic mass is 9.88. The van der Waals surface area contributed by atoms with Crippen molar-refractivity contribution in [1.29, 1.82) is 0 Å². The molecule has 3 heterocycles. The molecular weight excluding hydrogens is 264 g/mol. The number of hydrogen-bond donors (Lipinski definition) is 0. The van der Waals surface area contributed by atoms with Crippen LogP contribution in [0.15, 0.2) is 24.4 Å². The molecule has 21 heavy (non-hydrogen) atoms. The number of esters is 1. The lowest BCUT2D eigenvalue weighted by molar-refractivity contribution is -0.144. The van der Waals surface area contributed by atoms with Crippen molar-refractivity contribution in [2.24, 2.45) is 5.92 Å². The van der Waals surface area contributed by atoms with Gasteiger partial charge in [0.25, 0.3) is 0 Å². The molecule has 0 N–H and O–H groups in total. The summed E-state index contributed by atoms with van der Waals surface area (Å²) in [6.45, 7) is 3.31. The van der Waals surface area contributed by atoms with Crippen LogP contribution in [0.25, 0.3) is 0 Å². The number of hydrogen-bond acceptors (Lipinski definition) is 4. The van der Waals surface area contributed by atoms with Gasteiger partial charge in [0, 0.05) is 31.2 Å². The highest BCUT2D eigenvalue weighted by Gasteiger charge is 2.41. The Bertz CT molecular complexity index is 463. The minimum absolute atomic E-state index is 0.0277. The summed E-state index contributed by atoms with van der Waals surface area (Å²) < 4.78 is 5.10. The van der Waals surface area contributed by atoms with Crippen molar-refractivity contribution < 1.29 is 9.53 Å². The van der Waals surface area contributed by atoms with Gasteiger partial charge < -0.3 is 4.74 Å². The van der Waals surface area contributed by atoms with E-state index in [0.717, 1.165) is 25.1 Å². The molecule has 2 bridgehead atoms. The van der Waals surface area contributed by atoms with Gasteiger partial charge in [0.1, 0.15) is 0 Å². The number of aromatic nitrogens is 1. The fourth-order valence-corrected chi connectivity index (χ4v) is 3.95. The number of carbonyl (C=O) groups is 1. The number of fused-ring (bicyclic) bond motifs is 2. The Morgan fingerprint density at radius 1 is 1.33 bits per heavy atom. The van der Waals surface area contributed by atoms with E-state index in [4.69, 9.17) is 4.74 Å². The first kappa shape index (κ1) is 14.5. The van der Waals surface area contributed by atoms with Crippen molar-refractivity contribution in [2.45, 2.75) is 57.7 Å². The molecule has 2 fully saturated rings. The lowest BCUT2D eigenvalue weighted by Gasteiger charge is -2.38. The number of carbonyl (C=O) groups excluding carboxylic acids is 1. The molecule has 0 spiro atoms. The fraction of sp³-hybridized carbons (Fsp3) is 0.647. The second-order valence-electron chi connectivity index (χ2n) is 6.22. The van der Waals surface area contributed by atoms with Crippen LogP contribution in [0.3, 0.4) is 0 Å². The molecular formula is C17H24N2O2. The molecule has 114 valence electrons. The maximum atomic E-state index is 11.7. The second-order valence-corrected chi connectivity index (χ2v) is 6.22. The zero-order valence-corrected chi connectivity index (χ0v) is 12.7. The third kappa shape index (κ3) is 3.43. The Hall–Kier alpha value is -1.42. The van der Waals surface area contributed by atoms with Gasteiger partial charge in [-0.05, 0) is 50.7 Å². The number of piperidine rings is 1. The predicted octanol–water partition coefficient (Wildman–Crippen LogP) is 2.78. The molecule has 0 amide bonds. The number of rotatable bonds is 5. The van der Waals surface area contributed by atoms with E-state index < -0.39 is 0 Å². The Morgan fingerprint density at radius 3 is 2.71 bits per heavy atom. The van der Waals surface area contributed by atoms with E-state index in [9.17, 15) is 4.79 Å². The van der Waals surface area contributed by atoms with Crippen LogP contribution in [0, 0.1) is 5.92 Å². The topological polar surface area (TPSA) is 42.4 Å². The SMILES string of the molecule is CCOC(=O)CC1CC2CCC(C1)N2Cc1ccccn1. The van der Waals surface area contributed by atoms with Gasteiger partial charge in [-0.15, -0.1) is 0 Å². The van der Waals surface area contributed by atoms with Crippen molar-refractivity contribution in [3.8, 4) is 0 Å². The van der Waals surface area contributed by atoms with Crippen LogP contribution in [0.2, 0.25) is 0 Å². The van der Waals surface area contributed by atoms with Crippen molar-refractivity contribution in [3.63, 3.8) is 0 Å². The van der Waals surface area contributed by atoms with Crippen LogP contribution >= 0.6 is 0 Å². The summed E-state index contributed by atoms with van der Waals surface area (Å²) >= 11 is 0. The molecule has 3 rings (SSSR count). The second kappa shape index (κ2) is 6.56. The summed E-state index contributed by atoms with van der Waals surface area (Å²) in [5, 5.41) is 0. The van der Waals surface area contributed by atoms with Gasteiger partial charge in [0.2, 0.25) is 0 Å². The van der Waals surface area contributed by atoms with Crippen molar-refractivity contribution >= 4 is 5.97 Å². The first-order valence-corrected chi connectivity index (χ1v) is 8.07.